The lowest BCUT2D eigenvalue weighted by Crippen LogP contribution is -2.18. The Kier molecular flexibility index (Phi) is 3.05. The van der Waals surface area contributed by atoms with Gasteiger partial charge in [0.25, 0.3) is 0 Å². The first kappa shape index (κ1) is 11.9. The summed E-state index contributed by atoms with van der Waals surface area (Å²) in [6.45, 7) is 0. The van der Waals surface area contributed by atoms with Crippen LogP contribution in [-0.2, 0) is 9.53 Å². The highest BCUT2D eigenvalue weighted by atomic mass is 35.5. The van der Waals surface area contributed by atoms with Gasteiger partial charge in [0, 0.05) is 5.56 Å². The molecule has 0 radical (unpaired) electrons. The molecular weight excluding hydrogens is 262 g/mol. The highest BCUT2D eigenvalue weighted by Gasteiger charge is 2.24. The van der Waals surface area contributed by atoms with E-state index in [9.17, 15) is 4.79 Å². The summed E-state index contributed by atoms with van der Waals surface area (Å²) in [4.78, 5) is 15.6. The first-order chi connectivity index (χ1) is 9.29. The Labute approximate surface area is 115 Å². The molecule has 0 saturated carbocycles. The SMILES string of the molecule is O=CC1OC(c2ccccc2Cl)=Nc2ccccc21. The van der Waals surface area contributed by atoms with Crippen LogP contribution in [0.3, 0.4) is 0 Å². The van der Waals surface area contributed by atoms with E-state index in [1.807, 2.05) is 42.5 Å². The Hall–Kier alpha value is -2.13. The maximum absolute atomic E-state index is 11.2. The van der Waals surface area contributed by atoms with Crippen LogP contribution in [0, 0.1) is 0 Å². The third kappa shape index (κ3) is 2.13. The Morgan fingerprint density at radius 1 is 1.11 bits per heavy atom. The topological polar surface area (TPSA) is 38.7 Å². The van der Waals surface area contributed by atoms with Gasteiger partial charge in [0.05, 0.1) is 16.3 Å². The molecule has 1 aliphatic heterocycles. The Bertz CT molecular complexity index is 667. The average Bonchev–Trinajstić information content (AvgIpc) is 2.46. The number of hydrogen-bond acceptors (Lipinski definition) is 3. The molecule has 1 aliphatic rings. The summed E-state index contributed by atoms with van der Waals surface area (Å²) < 4.78 is 5.63. The molecule has 94 valence electrons. The second-order valence-electron chi connectivity index (χ2n) is 4.13. The maximum atomic E-state index is 11.2. The van der Waals surface area contributed by atoms with Crippen molar-refractivity contribution < 1.29 is 9.53 Å². The largest absolute Gasteiger partial charge is 0.461 e. The normalized spacial score (nSPS) is 17.1. The third-order valence-electron chi connectivity index (χ3n) is 2.93. The van der Waals surface area contributed by atoms with Crippen molar-refractivity contribution in [2.24, 2.45) is 4.99 Å². The molecule has 0 spiro atoms. The van der Waals surface area contributed by atoms with Crippen LogP contribution in [0.15, 0.2) is 53.5 Å². The molecular formula is C15H10ClNO2. The molecule has 4 heteroatoms. The second-order valence-corrected chi connectivity index (χ2v) is 4.54. The van der Waals surface area contributed by atoms with E-state index in [0.717, 1.165) is 17.5 Å². The van der Waals surface area contributed by atoms with Gasteiger partial charge < -0.3 is 4.74 Å². The molecule has 1 unspecified atom stereocenters. The molecule has 19 heavy (non-hydrogen) atoms. The number of rotatable bonds is 2. The minimum absolute atomic E-state index is 0.376. The number of carbonyl (C=O) groups is 1. The number of hydrogen-bond donors (Lipinski definition) is 0. The molecule has 1 heterocycles. The quantitative estimate of drug-likeness (QED) is 0.782. The van der Waals surface area contributed by atoms with Gasteiger partial charge in [-0.15, -0.1) is 0 Å². The summed E-state index contributed by atoms with van der Waals surface area (Å²) in [6.07, 6.45) is 0.129. The van der Waals surface area contributed by atoms with Gasteiger partial charge in [0.1, 0.15) is 0 Å². The van der Waals surface area contributed by atoms with Crippen molar-refractivity contribution in [2.45, 2.75) is 6.10 Å². The molecule has 0 bridgehead atoms. The van der Waals surface area contributed by atoms with Crippen molar-refractivity contribution >= 4 is 29.5 Å². The molecule has 0 N–H and O–H groups in total. The predicted molar refractivity (Wildman–Crippen MR) is 74.0 cm³/mol. The number of aliphatic imine (C=N–C) groups is 1. The number of aldehydes is 1. The summed E-state index contributed by atoms with van der Waals surface area (Å²) in [6, 6.07) is 14.7. The number of benzene rings is 2. The van der Waals surface area contributed by atoms with Gasteiger partial charge in [-0.05, 0) is 18.2 Å². The molecule has 2 aromatic rings. The summed E-state index contributed by atoms with van der Waals surface area (Å²) >= 11 is 6.13. The van der Waals surface area contributed by atoms with Crippen molar-refractivity contribution in [1.82, 2.24) is 0 Å². The molecule has 0 fully saturated rings. The van der Waals surface area contributed by atoms with Crippen molar-refractivity contribution in [3.05, 3.63) is 64.7 Å². The van der Waals surface area contributed by atoms with Crippen LogP contribution in [0.5, 0.6) is 0 Å². The molecule has 0 aromatic heterocycles. The predicted octanol–water partition coefficient (Wildman–Crippen LogP) is 3.69. The molecule has 3 nitrogen and oxygen atoms in total. The van der Waals surface area contributed by atoms with E-state index in [0.29, 0.717) is 16.5 Å². The number of ether oxygens (including phenoxy) is 1. The van der Waals surface area contributed by atoms with Gasteiger partial charge >= 0.3 is 0 Å². The Morgan fingerprint density at radius 3 is 2.63 bits per heavy atom. The lowest BCUT2D eigenvalue weighted by molar-refractivity contribution is -0.114. The molecule has 0 saturated heterocycles. The number of halogens is 1. The summed E-state index contributed by atoms with van der Waals surface area (Å²) in [7, 11) is 0. The van der Waals surface area contributed by atoms with Crippen LogP contribution >= 0.6 is 11.6 Å². The van der Waals surface area contributed by atoms with Crippen LogP contribution in [0.25, 0.3) is 0 Å². The van der Waals surface area contributed by atoms with Gasteiger partial charge in [-0.2, -0.15) is 0 Å². The van der Waals surface area contributed by atoms with E-state index < -0.39 is 6.10 Å². The van der Waals surface area contributed by atoms with Crippen LogP contribution < -0.4 is 0 Å². The fourth-order valence-corrected chi connectivity index (χ4v) is 2.23. The zero-order valence-corrected chi connectivity index (χ0v) is 10.7. The highest BCUT2D eigenvalue weighted by molar-refractivity contribution is 6.33. The lowest BCUT2D eigenvalue weighted by Gasteiger charge is -2.22. The number of fused-ring (bicyclic) bond motifs is 1. The van der Waals surface area contributed by atoms with E-state index in [1.54, 1.807) is 6.07 Å². The van der Waals surface area contributed by atoms with E-state index in [-0.39, 0.29) is 0 Å². The van der Waals surface area contributed by atoms with E-state index in [1.165, 1.54) is 0 Å². The fraction of sp³-hybridized carbons (Fsp3) is 0.0667. The summed E-state index contributed by atoms with van der Waals surface area (Å²) in [5.74, 6) is 0.376. The minimum atomic E-state index is -0.639. The van der Waals surface area contributed by atoms with E-state index in [2.05, 4.69) is 4.99 Å². The van der Waals surface area contributed by atoms with E-state index >= 15 is 0 Å². The highest BCUT2D eigenvalue weighted by Crippen LogP contribution is 2.33. The van der Waals surface area contributed by atoms with Crippen LogP contribution in [0.1, 0.15) is 17.2 Å². The maximum Gasteiger partial charge on any atom is 0.223 e. The second kappa shape index (κ2) is 4.86. The zero-order chi connectivity index (χ0) is 13.2. The lowest BCUT2D eigenvalue weighted by atomic mass is 10.1. The molecule has 1 atom stereocenters. The molecule has 0 amide bonds. The van der Waals surface area contributed by atoms with Gasteiger partial charge in [-0.25, -0.2) is 4.99 Å². The Balaban J connectivity index is 2.13. The monoisotopic (exact) mass is 271 g/mol. The first-order valence-electron chi connectivity index (χ1n) is 5.84. The van der Waals surface area contributed by atoms with Crippen molar-refractivity contribution in [1.29, 1.82) is 0 Å². The number of nitrogens with zero attached hydrogens (tertiary/aromatic N) is 1. The van der Waals surface area contributed by atoms with Crippen LogP contribution in [0.2, 0.25) is 5.02 Å². The summed E-state index contributed by atoms with van der Waals surface area (Å²) in [5, 5.41) is 0.547. The smallest absolute Gasteiger partial charge is 0.223 e. The van der Waals surface area contributed by atoms with Gasteiger partial charge in [0.15, 0.2) is 12.4 Å². The van der Waals surface area contributed by atoms with Gasteiger partial charge in [-0.3, -0.25) is 4.79 Å². The van der Waals surface area contributed by atoms with Crippen molar-refractivity contribution in [3.8, 4) is 0 Å². The van der Waals surface area contributed by atoms with Gasteiger partial charge in [-0.1, -0.05) is 41.9 Å². The summed E-state index contributed by atoms with van der Waals surface area (Å²) in [5.41, 5.74) is 2.19. The van der Waals surface area contributed by atoms with Crippen LogP contribution in [0.4, 0.5) is 5.69 Å². The zero-order valence-electron chi connectivity index (χ0n) is 9.92. The van der Waals surface area contributed by atoms with Crippen molar-refractivity contribution in [3.63, 3.8) is 0 Å². The molecule has 2 aromatic carbocycles. The first-order valence-corrected chi connectivity index (χ1v) is 6.22. The number of para-hydroxylation sites is 1. The molecule has 0 aliphatic carbocycles. The van der Waals surface area contributed by atoms with E-state index in [4.69, 9.17) is 16.3 Å². The number of carbonyl (C=O) groups excluding carboxylic acids is 1. The average molecular weight is 272 g/mol. The standard InChI is InChI=1S/C15H10ClNO2/c16-12-7-3-1-5-10(12)15-17-13-8-4-2-6-11(13)14(9-18)19-15/h1-9,14H. The van der Waals surface area contributed by atoms with Gasteiger partial charge in [0.2, 0.25) is 5.90 Å². The van der Waals surface area contributed by atoms with Crippen molar-refractivity contribution in [2.75, 3.05) is 0 Å². The third-order valence-corrected chi connectivity index (χ3v) is 3.26. The molecule has 3 rings (SSSR count). The minimum Gasteiger partial charge on any atom is -0.461 e. The Morgan fingerprint density at radius 2 is 1.84 bits per heavy atom. The fourth-order valence-electron chi connectivity index (χ4n) is 2.01. The van der Waals surface area contributed by atoms with Crippen LogP contribution in [-0.4, -0.2) is 12.2 Å².